The van der Waals surface area contributed by atoms with Gasteiger partial charge in [-0.15, -0.1) is 0 Å². The van der Waals surface area contributed by atoms with Crippen molar-refractivity contribution in [2.24, 2.45) is 0 Å². The Morgan fingerprint density at radius 3 is 2.60 bits per heavy atom. The van der Waals surface area contributed by atoms with Crippen LogP contribution in [0.25, 0.3) is 21.9 Å². The van der Waals surface area contributed by atoms with Gasteiger partial charge < -0.3 is 20.2 Å². The van der Waals surface area contributed by atoms with Gasteiger partial charge in [0.2, 0.25) is 0 Å². The predicted molar refractivity (Wildman–Crippen MR) is 110 cm³/mol. The number of nitro benzene ring substituents is 1. The lowest BCUT2D eigenvalue weighted by Gasteiger charge is -2.08. The smallest absolute Gasteiger partial charge is 0.341 e. The molecule has 0 bridgehead atoms. The van der Waals surface area contributed by atoms with E-state index >= 15 is 0 Å². The number of nitrogens with one attached hydrogen (secondary N) is 1. The first kappa shape index (κ1) is 18.9. The summed E-state index contributed by atoms with van der Waals surface area (Å²) >= 11 is 0. The van der Waals surface area contributed by atoms with Crippen molar-refractivity contribution in [2.45, 2.75) is 0 Å². The Morgan fingerprint density at radius 2 is 1.80 bits per heavy atom. The summed E-state index contributed by atoms with van der Waals surface area (Å²) in [5, 5.41) is 15.2. The minimum absolute atomic E-state index is 0.0169. The third kappa shape index (κ3) is 3.63. The maximum absolute atomic E-state index is 12.2. The minimum Gasteiger partial charge on any atom is -0.456 e. The number of hydrogen-bond donors (Lipinski definition) is 2. The molecule has 0 radical (unpaired) electrons. The number of fused-ring (bicyclic) bond motifs is 3. The van der Waals surface area contributed by atoms with E-state index in [1.54, 1.807) is 18.2 Å². The highest BCUT2D eigenvalue weighted by molar-refractivity contribution is 6.07. The number of anilines is 2. The number of nitrogens with zero attached hydrogens (tertiary/aromatic N) is 1. The molecule has 0 atom stereocenters. The Morgan fingerprint density at radius 1 is 1.03 bits per heavy atom. The topological polar surface area (TPSA) is 138 Å². The van der Waals surface area contributed by atoms with Crippen LogP contribution in [0, 0.1) is 10.1 Å². The summed E-state index contributed by atoms with van der Waals surface area (Å²) in [4.78, 5) is 34.6. The van der Waals surface area contributed by atoms with Gasteiger partial charge in [-0.3, -0.25) is 14.9 Å². The molecule has 1 amide bonds. The van der Waals surface area contributed by atoms with E-state index in [0.29, 0.717) is 11.3 Å². The molecule has 4 aromatic rings. The maximum atomic E-state index is 12.2. The van der Waals surface area contributed by atoms with Crippen molar-refractivity contribution in [2.75, 3.05) is 17.7 Å². The van der Waals surface area contributed by atoms with E-state index in [2.05, 4.69) is 5.32 Å². The van der Waals surface area contributed by atoms with Crippen LogP contribution < -0.4 is 11.1 Å². The number of ether oxygens (including phenoxy) is 1. The first-order valence-electron chi connectivity index (χ1n) is 8.84. The fourth-order valence-corrected chi connectivity index (χ4v) is 3.04. The summed E-state index contributed by atoms with van der Waals surface area (Å²) in [5.41, 5.74) is 7.13. The van der Waals surface area contributed by atoms with E-state index < -0.39 is 23.4 Å². The van der Waals surface area contributed by atoms with Gasteiger partial charge in [0.15, 0.2) is 6.61 Å². The average Bonchev–Trinajstić information content (AvgIpc) is 3.10. The monoisotopic (exact) mass is 405 g/mol. The van der Waals surface area contributed by atoms with Crippen LogP contribution in [-0.2, 0) is 9.53 Å². The summed E-state index contributed by atoms with van der Waals surface area (Å²) in [5.74, 6) is -1.50. The first-order valence-corrected chi connectivity index (χ1v) is 8.84. The van der Waals surface area contributed by atoms with Crippen molar-refractivity contribution in [3.8, 4) is 0 Å². The fraction of sp³-hybridized carbons (Fsp3) is 0.0476. The number of nitro groups is 1. The molecule has 0 aliphatic heterocycles. The molecule has 0 saturated heterocycles. The largest absolute Gasteiger partial charge is 0.456 e. The molecule has 0 unspecified atom stereocenters. The molecule has 0 aliphatic carbocycles. The molecular weight excluding hydrogens is 390 g/mol. The Bertz CT molecular complexity index is 1310. The van der Waals surface area contributed by atoms with Gasteiger partial charge in [0, 0.05) is 34.3 Å². The Labute approximate surface area is 169 Å². The Hall–Kier alpha value is -4.40. The fourth-order valence-electron chi connectivity index (χ4n) is 3.04. The van der Waals surface area contributed by atoms with E-state index in [0.717, 1.165) is 22.4 Å². The number of amides is 1. The van der Waals surface area contributed by atoms with Crippen molar-refractivity contribution in [3.63, 3.8) is 0 Å². The lowest BCUT2D eigenvalue weighted by molar-refractivity contribution is -0.384. The van der Waals surface area contributed by atoms with E-state index in [9.17, 15) is 19.7 Å². The highest BCUT2D eigenvalue weighted by Gasteiger charge is 2.18. The van der Waals surface area contributed by atoms with E-state index in [4.69, 9.17) is 14.9 Å². The zero-order chi connectivity index (χ0) is 21.3. The second kappa shape index (κ2) is 7.55. The van der Waals surface area contributed by atoms with Crippen molar-refractivity contribution in [3.05, 3.63) is 76.3 Å². The summed E-state index contributed by atoms with van der Waals surface area (Å²) in [7, 11) is 0. The van der Waals surface area contributed by atoms with E-state index in [-0.39, 0.29) is 16.9 Å². The van der Waals surface area contributed by atoms with Gasteiger partial charge in [0.25, 0.3) is 11.6 Å². The number of para-hydroxylation sites is 1. The first-order chi connectivity index (χ1) is 14.4. The second-order valence-corrected chi connectivity index (χ2v) is 6.46. The second-order valence-electron chi connectivity index (χ2n) is 6.46. The van der Waals surface area contributed by atoms with E-state index in [1.165, 1.54) is 12.1 Å². The van der Waals surface area contributed by atoms with Crippen molar-refractivity contribution >= 4 is 50.9 Å². The van der Waals surface area contributed by atoms with Gasteiger partial charge in [-0.25, -0.2) is 4.79 Å². The third-order valence-electron chi connectivity index (χ3n) is 4.46. The lowest BCUT2D eigenvalue weighted by Crippen LogP contribution is -2.21. The quantitative estimate of drug-likeness (QED) is 0.222. The van der Waals surface area contributed by atoms with Crippen LogP contribution in [0.3, 0.4) is 0 Å². The molecule has 0 fully saturated rings. The molecule has 0 aliphatic rings. The highest BCUT2D eigenvalue weighted by atomic mass is 16.6. The van der Waals surface area contributed by atoms with Crippen LogP contribution in [0.4, 0.5) is 17.1 Å². The molecule has 0 spiro atoms. The van der Waals surface area contributed by atoms with Crippen LogP contribution in [-0.4, -0.2) is 23.4 Å². The molecule has 150 valence electrons. The number of nitrogen functional groups attached to an aromatic ring is 1. The molecule has 1 aromatic heterocycles. The molecule has 9 heteroatoms. The molecule has 4 rings (SSSR count). The number of furan rings is 1. The normalized spacial score (nSPS) is 10.8. The van der Waals surface area contributed by atoms with Crippen molar-refractivity contribution < 1.29 is 23.7 Å². The van der Waals surface area contributed by atoms with Crippen LogP contribution in [0.15, 0.2) is 65.1 Å². The number of non-ortho nitro benzene ring substituents is 1. The SMILES string of the molecule is Nc1ccc([N+](=O)[O-])cc1C(=O)OCC(=O)Nc1ccc2oc3ccccc3c2c1. The number of rotatable bonds is 5. The number of benzene rings is 3. The number of esters is 1. The van der Waals surface area contributed by atoms with Crippen LogP contribution in [0.1, 0.15) is 10.4 Å². The summed E-state index contributed by atoms with van der Waals surface area (Å²) in [6, 6.07) is 16.1. The summed E-state index contributed by atoms with van der Waals surface area (Å²) in [6.07, 6.45) is 0. The summed E-state index contributed by atoms with van der Waals surface area (Å²) in [6.45, 7) is -0.578. The van der Waals surface area contributed by atoms with Crippen molar-refractivity contribution in [1.29, 1.82) is 0 Å². The molecule has 9 nitrogen and oxygen atoms in total. The Kier molecular flexibility index (Phi) is 4.77. The molecule has 30 heavy (non-hydrogen) atoms. The maximum Gasteiger partial charge on any atom is 0.341 e. The van der Waals surface area contributed by atoms with Gasteiger partial charge in [-0.05, 0) is 30.3 Å². The molecule has 1 heterocycles. The third-order valence-corrected chi connectivity index (χ3v) is 4.46. The number of carbonyl (C=O) groups is 2. The standard InChI is InChI=1S/C21H15N3O6/c22-17-7-6-13(24(27)28)10-16(17)21(26)29-11-20(25)23-12-5-8-19-15(9-12)14-3-1-2-4-18(14)30-19/h1-10H,11,22H2,(H,23,25). The number of hydrogen-bond acceptors (Lipinski definition) is 7. The zero-order valence-corrected chi connectivity index (χ0v) is 15.5. The van der Waals surface area contributed by atoms with Gasteiger partial charge >= 0.3 is 5.97 Å². The van der Waals surface area contributed by atoms with E-state index in [1.807, 2.05) is 24.3 Å². The molecule has 0 saturated carbocycles. The summed E-state index contributed by atoms with van der Waals surface area (Å²) < 4.78 is 10.7. The van der Waals surface area contributed by atoms with Crippen LogP contribution >= 0.6 is 0 Å². The van der Waals surface area contributed by atoms with Gasteiger partial charge in [-0.1, -0.05) is 18.2 Å². The van der Waals surface area contributed by atoms with Gasteiger partial charge in [0.1, 0.15) is 11.2 Å². The minimum atomic E-state index is -0.928. The number of nitrogens with two attached hydrogens (primary N) is 1. The molecular formula is C21H15N3O6. The molecule has 3 aromatic carbocycles. The van der Waals surface area contributed by atoms with Crippen molar-refractivity contribution in [1.82, 2.24) is 0 Å². The van der Waals surface area contributed by atoms with Gasteiger partial charge in [0.05, 0.1) is 10.5 Å². The van der Waals surface area contributed by atoms with Gasteiger partial charge in [-0.2, -0.15) is 0 Å². The molecule has 3 N–H and O–H groups in total. The highest BCUT2D eigenvalue weighted by Crippen LogP contribution is 2.30. The lowest BCUT2D eigenvalue weighted by atomic mass is 10.1. The van der Waals surface area contributed by atoms with Crippen LogP contribution in [0.5, 0.6) is 0 Å². The predicted octanol–water partition coefficient (Wildman–Crippen LogP) is 3.87. The zero-order valence-electron chi connectivity index (χ0n) is 15.5. The van der Waals surface area contributed by atoms with Crippen LogP contribution in [0.2, 0.25) is 0 Å². The average molecular weight is 405 g/mol. The number of carbonyl (C=O) groups excluding carboxylic acids is 2. The Balaban J connectivity index is 1.45.